The lowest BCUT2D eigenvalue weighted by molar-refractivity contribution is -0.141. The van der Waals surface area contributed by atoms with Crippen molar-refractivity contribution >= 4 is 23.3 Å². The van der Waals surface area contributed by atoms with Gasteiger partial charge in [-0.05, 0) is 31.0 Å². The van der Waals surface area contributed by atoms with Crippen molar-refractivity contribution in [3.05, 3.63) is 28.8 Å². The molecule has 0 bridgehead atoms. The maximum Gasteiger partial charge on any atom is 0.308 e. The first-order chi connectivity index (χ1) is 8.61. The van der Waals surface area contributed by atoms with Gasteiger partial charge in [0.2, 0.25) is 0 Å². The summed E-state index contributed by atoms with van der Waals surface area (Å²) >= 11 is 5.98. The van der Waals surface area contributed by atoms with E-state index in [9.17, 15) is 4.79 Å². The van der Waals surface area contributed by atoms with Crippen molar-refractivity contribution in [2.24, 2.45) is 5.92 Å². The first-order valence-corrected chi connectivity index (χ1v) is 6.17. The summed E-state index contributed by atoms with van der Waals surface area (Å²) in [6.07, 6.45) is 1.57. The number of aliphatic carboxylic acids is 1. The molecule has 5 heteroatoms. The molecule has 0 radical (unpaired) electrons. The molecule has 1 fully saturated rings. The lowest BCUT2D eigenvalue weighted by Crippen LogP contribution is -2.38. The maximum atomic E-state index is 11.0. The normalized spacial score (nSPS) is 19.3. The zero-order valence-corrected chi connectivity index (χ0v) is 10.5. The van der Waals surface area contributed by atoms with E-state index in [1.165, 1.54) is 0 Å². The lowest BCUT2D eigenvalue weighted by Gasteiger charge is -2.32. The smallest absolute Gasteiger partial charge is 0.308 e. The molecule has 4 nitrogen and oxygen atoms in total. The second kappa shape index (κ2) is 5.28. The van der Waals surface area contributed by atoms with E-state index in [1.807, 2.05) is 17.0 Å². The van der Waals surface area contributed by atoms with Crippen LogP contribution in [0.25, 0.3) is 0 Å². The van der Waals surface area contributed by atoms with Crippen molar-refractivity contribution in [3.63, 3.8) is 0 Å². The van der Waals surface area contributed by atoms with Crippen LogP contribution in [0.2, 0.25) is 5.02 Å². The van der Waals surface area contributed by atoms with Gasteiger partial charge in [-0.2, -0.15) is 5.26 Å². The van der Waals surface area contributed by atoms with Gasteiger partial charge in [0.1, 0.15) is 6.07 Å². The van der Waals surface area contributed by atoms with Gasteiger partial charge in [0, 0.05) is 18.8 Å². The summed E-state index contributed by atoms with van der Waals surface area (Å²) in [5, 5.41) is 18.3. The van der Waals surface area contributed by atoms with Crippen LogP contribution < -0.4 is 4.90 Å². The minimum atomic E-state index is -0.751. The van der Waals surface area contributed by atoms with Crippen LogP contribution >= 0.6 is 11.6 Å². The van der Waals surface area contributed by atoms with Crippen molar-refractivity contribution in [2.45, 2.75) is 12.8 Å². The molecule has 0 spiro atoms. The summed E-state index contributed by atoms with van der Waals surface area (Å²) in [5.41, 5.74) is 1.32. The number of nitrogens with zero attached hydrogens (tertiary/aromatic N) is 2. The zero-order chi connectivity index (χ0) is 13.1. The van der Waals surface area contributed by atoms with Crippen LogP contribution in [-0.4, -0.2) is 24.2 Å². The van der Waals surface area contributed by atoms with E-state index in [1.54, 1.807) is 12.1 Å². The summed E-state index contributed by atoms with van der Waals surface area (Å²) in [6, 6.07) is 7.22. The number of piperidine rings is 1. The Morgan fingerprint density at radius 2 is 2.33 bits per heavy atom. The number of hydrogen-bond donors (Lipinski definition) is 1. The molecule has 1 atom stereocenters. The Balaban J connectivity index is 2.19. The maximum absolute atomic E-state index is 11.0. The van der Waals surface area contributed by atoms with Crippen LogP contribution in [-0.2, 0) is 4.79 Å². The van der Waals surface area contributed by atoms with E-state index in [0.717, 1.165) is 25.1 Å². The lowest BCUT2D eigenvalue weighted by atomic mass is 9.98. The highest BCUT2D eigenvalue weighted by atomic mass is 35.5. The molecular weight excluding hydrogens is 252 g/mol. The summed E-state index contributed by atoms with van der Waals surface area (Å²) < 4.78 is 0. The third-order valence-corrected chi connectivity index (χ3v) is 3.52. The van der Waals surface area contributed by atoms with E-state index in [4.69, 9.17) is 22.0 Å². The summed E-state index contributed by atoms with van der Waals surface area (Å²) in [7, 11) is 0. The van der Waals surface area contributed by atoms with E-state index in [2.05, 4.69) is 0 Å². The van der Waals surface area contributed by atoms with Gasteiger partial charge in [-0.3, -0.25) is 4.79 Å². The fourth-order valence-electron chi connectivity index (χ4n) is 2.20. The van der Waals surface area contributed by atoms with Crippen LogP contribution in [0.3, 0.4) is 0 Å². The highest BCUT2D eigenvalue weighted by Crippen LogP contribution is 2.27. The quantitative estimate of drug-likeness (QED) is 0.891. The number of rotatable bonds is 2. The van der Waals surface area contributed by atoms with Gasteiger partial charge < -0.3 is 10.0 Å². The molecule has 1 aliphatic rings. The molecule has 0 unspecified atom stereocenters. The number of anilines is 1. The van der Waals surface area contributed by atoms with Gasteiger partial charge in [0.05, 0.1) is 16.5 Å². The Hall–Kier alpha value is -1.73. The molecular formula is C13H13ClN2O2. The molecule has 1 N–H and O–H groups in total. The molecule has 0 amide bonds. The van der Waals surface area contributed by atoms with Crippen LogP contribution in [0.5, 0.6) is 0 Å². The molecule has 0 saturated carbocycles. The van der Waals surface area contributed by atoms with Gasteiger partial charge in [-0.1, -0.05) is 11.6 Å². The van der Waals surface area contributed by atoms with Gasteiger partial charge in [0.25, 0.3) is 0 Å². The summed E-state index contributed by atoms with van der Waals surface area (Å²) in [4.78, 5) is 13.0. The molecule has 0 aromatic heterocycles. The number of carboxylic acid groups (broad SMARTS) is 1. The number of benzene rings is 1. The third kappa shape index (κ3) is 2.57. The van der Waals surface area contributed by atoms with Crippen molar-refractivity contribution in [1.29, 1.82) is 5.26 Å². The zero-order valence-electron chi connectivity index (χ0n) is 9.77. The van der Waals surface area contributed by atoms with Crippen LogP contribution in [0, 0.1) is 17.2 Å². The first-order valence-electron chi connectivity index (χ1n) is 5.79. The number of carbonyl (C=O) groups is 1. The molecule has 0 aliphatic carbocycles. The SMILES string of the molecule is N#Cc1ccc(N2CCC[C@H](C(=O)O)C2)cc1Cl. The molecule has 94 valence electrons. The van der Waals surface area contributed by atoms with Crippen LogP contribution in [0.15, 0.2) is 18.2 Å². The second-order valence-electron chi connectivity index (χ2n) is 4.40. The Morgan fingerprint density at radius 1 is 1.56 bits per heavy atom. The van der Waals surface area contributed by atoms with E-state index in [-0.39, 0.29) is 5.92 Å². The van der Waals surface area contributed by atoms with Gasteiger partial charge in [0.15, 0.2) is 0 Å². The Morgan fingerprint density at radius 3 is 2.94 bits per heavy atom. The fourth-order valence-corrected chi connectivity index (χ4v) is 2.42. The fraction of sp³-hybridized carbons (Fsp3) is 0.385. The van der Waals surface area contributed by atoms with Crippen molar-refractivity contribution in [2.75, 3.05) is 18.0 Å². The molecule has 18 heavy (non-hydrogen) atoms. The summed E-state index contributed by atoms with van der Waals surface area (Å²) in [6.45, 7) is 1.32. The van der Waals surface area contributed by atoms with E-state index >= 15 is 0 Å². The average Bonchev–Trinajstić information content (AvgIpc) is 2.38. The Kier molecular flexibility index (Phi) is 3.73. The monoisotopic (exact) mass is 264 g/mol. The summed E-state index contributed by atoms with van der Waals surface area (Å²) in [5.74, 6) is -1.08. The third-order valence-electron chi connectivity index (χ3n) is 3.21. The van der Waals surface area contributed by atoms with E-state index < -0.39 is 5.97 Å². The van der Waals surface area contributed by atoms with Crippen molar-refractivity contribution in [1.82, 2.24) is 0 Å². The molecule has 1 aromatic rings. The van der Waals surface area contributed by atoms with E-state index in [0.29, 0.717) is 17.1 Å². The van der Waals surface area contributed by atoms with Crippen molar-refractivity contribution < 1.29 is 9.90 Å². The van der Waals surface area contributed by atoms with Gasteiger partial charge in [-0.15, -0.1) is 0 Å². The highest BCUT2D eigenvalue weighted by molar-refractivity contribution is 6.32. The number of halogens is 1. The van der Waals surface area contributed by atoms with Crippen LogP contribution in [0.4, 0.5) is 5.69 Å². The molecule has 1 aliphatic heterocycles. The molecule has 1 saturated heterocycles. The highest BCUT2D eigenvalue weighted by Gasteiger charge is 2.25. The second-order valence-corrected chi connectivity index (χ2v) is 4.81. The first kappa shape index (κ1) is 12.7. The Bertz CT molecular complexity index is 510. The topological polar surface area (TPSA) is 64.3 Å². The molecule has 1 aromatic carbocycles. The molecule has 1 heterocycles. The van der Waals surface area contributed by atoms with Gasteiger partial charge >= 0.3 is 5.97 Å². The molecule has 2 rings (SSSR count). The minimum Gasteiger partial charge on any atom is -0.481 e. The predicted octanol–water partition coefficient (Wildman–Crippen LogP) is 2.51. The standard InChI is InChI=1S/C13H13ClN2O2/c14-12-6-11(4-3-9(12)7-15)16-5-1-2-10(8-16)13(17)18/h3-4,6,10H,1-2,5,8H2,(H,17,18)/t10-/m0/s1. The number of carboxylic acids is 1. The predicted molar refractivity (Wildman–Crippen MR) is 68.7 cm³/mol. The minimum absolute atomic E-state index is 0.326. The largest absolute Gasteiger partial charge is 0.481 e. The number of hydrogen-bond acceptors (Lipinski definition) is 3. The number of nitriles is 1. The Labute approximate surface area is 110 Å². The van der Waals surface area contributed by atoms with Gasteiger partial charge in [-0.25, -0.2) is 0 Å². The average molecular weight is 265 g/mol. The van der Waals surface area contributed by atoms with Crippen molar-refractivity contribution in [3.8, 4) is 6.07 Å². The van der Waals surface area contributed by atoms with Crippen LogP contribution in [0.1, 0.15) is 18.4 Å².